The van der Waals surface area contributed by atoms with Gasteiger partial charge in [-0.25, -0.2) is 13.7 Å². The molecule has 0 radical (unpaired) electrons. The molecule has 0 aliphatic rings. The molecule has 0 fully saturated rings. The van der Waals surface area contributed by atoms with Crippen molar-refractivity contribution in [3.63, 3.8) is 0 Å². The molecule has 2 nitrogen and oxygen atoms in total. The van der Waals surface area contributed by atoms with E-state index < -0.39 is 9.84 Å². The van der Waals surface area contributed by atoms with Crippen molar-refractivity contribution in [2.75, 3.05) is 0 Å². The Morgan fingerprint density at radius 1 is 1.17 bits per heavy atom. The Kier molecular flexibility index (Phi) is 4.13. The van der Waals surface area contributed by atoms with Crippen LogP contribution in [-0.4, -0.2) is 8.42 Å². The number of hydrogen-bond acceptors (Lipinski definition) is 2. The van der Waals surface area contributed by atoms with Gasteiger partial charge in [0.25, 0.3) is 0 Å². The van der Waals surface area contributed by atoms with Gasteiger partial charge >= 0.3 is 18.9 Å². The molecule has 0 aliphatic carbocycles. The van der Waals surface area contributed by atoms with E-state index in [1.165, 1.54) is 17.4 Å². The molecule has 0 N–H and O–H groups in total. The Bertz CT molecular complexity index is 375. The van der Waals surface area contributed by atoms with Crippen LogP contribution in [0.1, 0.15) is 0 Å². The zero-order valence-electron chi connectivity index (χ0n) is 6.61. The van der Waals surface area contributed by atoms with E-state index in [-0.39, 0.29) is 23.8 Å². The van der Waals surface area contributed by atoms with Crippen molar-refractivity contribution in [3.8, 4) is 5.25 Å². The minimum atomic E-state index is -3.58. The quantitative estimate of drug-likeness (QED) is 0.279. The van der Waals surface area contributed by atoms with E-state index in [1.807, 2.05) is 0 Å². The normalized spacial score (nSPS) is 9.58. The van der Waals surface area contributed by atoms with Crippen molar-refractivity contribution < 1.29 is 27.3 Å². The molecule has 0 aliphatic heterocycles. The summed E-state index contributed by atoms with van der Waals surface area (Å²) in [6, 6.07) is 7.77. The largest absolute Gasteiger partial charge is 1.00 e. The second-order valence-corrected chi connectivity index (χ2v) is 3.60. The fourth-order valence-electron chi connectivity index (χ4n) is 0.659. The van der Waals surface area contributed by atoms with Crippen molar-refractivity contribution in [3.05, 3.63) is 36.8 Å². The first kappa shape index (κ1) is 11.3. The fraction of sp³-hybridized carbons (Fsp3) is 0. The summed E-state index contributed by atoms with van der Waals surface area (Å²) in [5.41, 5.74) is 0. The monoisotopic (exact) mass is 172 g/mol. The molecule has 0 unspecified atom stereocenters. The van der Waals surface area contributed by atoms with Gasteiger partial charge in [-0.15, -0.1) is 0 Å². The molecule has 56 valence electrons. The summed E-state index contributed by atoms with van der Waals surface area (Å²) in [6.07, 6.45) is 6.50. The van der Waals surface area contributed by atoms with E-state index in [4.69, 9.17) is 6.42 Å². The average molecular weight is 172 g/mol. The number of hydrogen-bond donors (Lipinski definition) is 0. The minimum Gasteiger partial charge on any atom is -0.676 e. The van der Waals surface area contributed by atoms with Gasteiger partial charge in [0, 0.05) is 0 Å². The molecule has 0 spiro atoms. The van der Waals surface area contributed by atoms with Crippen molar-refractivity contribution >= 4 is 9.84 Å². The molecule has 0 heterocycles. The third kappa shape index (κ3) is 2.43. The summed E-state index contributed by atoms with van der Waals surface area (Å²) in [6.45, 7) is 0. The molecular weight excluding hydrogens is 167 g/mol. The van der Waals surface area contributed by atoms with Gasteiger partial charge in [-0.3, -0.25) is 0 Å². The minimum absolute atomic E-state index is 0. The van der Waals surface area contributed by atoms with E-state index in [2.05, 4.69) is 0 Å². The summed E-state index contributed by atoms with van der Waals surface area (Å²) < 4.78 is 21.8. The molecule has 1 rings (SSSR count). The van der Waals surface area contributed by atoms with E-state index in [0.717, 1.165) is 0 Å². The standard InChI is InChI=1S/C8H5O2S.Li/c1-2-11(9,10)8-6-4-3-5-7-8;/h3-7H;/q-1;+1. The van der Waals surface area contributed by atoms with Crippen LogP contribution in [0.3, 0.4) is 0 Å². The van der Waals surface area contributed by atoms with Crippen LogP contribution in [0, 0.1) is 11.7 Å². The van der Waals surface area contributed by atoms with Crippen LogP contribution in [0.5, 0.6) is 0 Å². The van der Waals surface area contributed by atoms with Gasteiger partial charge in [0.1, 0.15) is 0 Å². The third-order valence-electron chi connectivity index (χ3n) is 1.19. The average Bonchev–Trinajstić information content (AvgIpc) is 2.06. The van der Waals surface area contributed by atoms with Crippen molar-refractivity contribution in [2.45, 2.75) is 4.90 Å². The molecule has 4 heteroatoms. The van der Waals surface area contributed by atoms with E-state index in [1.54, 1.807) is 18.2 Å². The summed E-state index contributed by atoms with van der Waals surface area (Å²) in [5, 5.41) is 1.48. The van der Waals surface area contributed by atoms with Crippen LogP contribution in [0.25, 0.3) is 0 Å². The Labute approximate surface area is 84.1 Å². The van der Waals surface area contributed by atoms with Crippen LogP contribution in [0.2, 0.25) is 0 Å². The molecule has 1 aromatic rings. The van der Waals surface area contributed by atoms with Crippen molar-refractivity contribution in [1.82, 2.24) is 0 Å². The maximum absolute atomic E-state index is 10.9. The zero-order valence-corrected chi connectivity index (χ0v) is 7.43. The van der Waals surface area contributed by atoms with Crippen LogP contribution >= 0.6 is 0 Å². The van der Waals surface area contributed by atoms with Crippen LogP contribution in [0.15, 0.2) is 35.2 Å². The van der Waals surface area contributed by atoms with Gasteiger partial charge in [-0.2, -0.15) is 0 Å². The summed E-state index contributed by atoms with van der Waals surface area (Å²) >= 11 is 0. The zero-order chi connectivity index (χ0) is 8.32. The van der Waals surface area contributed by atoms with Crippen LogP contribution in [-0.2, 0) is 9.84 Å². The van der Waals surface area contributed by atoms with Crippen LogP contribution in [0.4, 0.5) is 0 Å². The predicted molar refractivity (Wildman–Crippen MR) is 40.8 cm³/mol. The Hall–Kier alpha value is -0.673. The molecular formula is C8H5LiO2S. The van der Waals surface area contributed by atoms with E-state index >= 15 is 0 Å². The summed E-state index contributed by atoms with van der Waals surface area (Å²) in [4.78, 5) is 0.106. The smallest absolute Gasteiger partial charge is 0.676 e. The van der Waals surface area contributed by atoms with Gasteiger partial charge < -0.3 is 6.42 Å². The van der Waals surface area contributed by atoms with Gasteiger partial charge in [-0.05, 0) is 12.1 Å². The molecule has 0 bridgehead atoms. The predicted octanol–water partition coefficient (Wildman–Crippen LogP) is -1.99. The topological polar surface area (TPSA) is 34.1 Å². The number of sulfone groups is 1. The Morgan fingerprint density at radius 2 is 1.67 bits per heavy atom. The molecule has 1 aromatic carbocycles. The molecule has 0 saturated carbocycles. The second-order valence-electron chi connectivity index (χ2n) is 1.92. The molecule has 0 amide bonds. The van der Waals surface area contributed by atoms with E-state index in [9.17, 15) is 8.42 Å². The summed E-state index contributed by atoms with van der Waals surface area (Å²) in [7, 11) is -3.58. The van der Waals surface area contributed by atoms with Crippen molar-refractivity contribution in [2.24, 2.45) is 0 Å². The molecule has 0 saturated heterocycles. The van der Waals surface area contributed by atoms with Crippen molar-refractivity contribution in [1.29, 1.82) is 0 Å². The van der Waals surface area contributed by atoms with Gasteiger partial charge in [0.05, 0.1) is 4.90 Å². The second kappa shape index (κ2) is 4.38. The fourth-order valence-corrected chi connectivity index (χ4v) is 1.29. The molecule has 12 heavy (non-hydrogen) atoms. The van der Waals surface area contributed by atoms with Gasteiger partial charge in [0.2, 0.25) is 9.84 Å². The third-order valence-corrected chi connectivity index (χ3v) is 2.35. The Balaban J connectivity index is 0.00000121. The Morgan fingerprint density at radius 3 is 2.08 bits per heavy atom. The maximum Gasteiger partial charge on any atom is 1.00 e. The first-order valence-corrected chi connectivity index (χ1v) is 4.39. The van der Waals surface area contributed by atoms with Gasteiger partial charge in [-0.1, -0.05) is 18.2 Å². The van der Waals surface area contributed by atoms with Crippen LogP contribution < -0.4 is 18.9 Å². The first-order chi connectivity index (χ1) is 5.17. The maximum atomic E-state index is 10.9. The molecule has 0 atom stereocenters. The molecule has 0 aromatic heterocycles. The number of benzene rings is 1. The number of rotatable bonds is 1. The summed E-state index contributed by atoms with van der Waals surface area (Å²) in [5.74, 6) is 0. The first-order valence-electron chi connectivity index (χ1n) is 2.90. The van der Waals surface area contributed by atoms with Gasteiger partial charge in [0.15, 0.2) is 0 Å². The van der Waals surface area contributed by atoms with E-state index in [0.29, 0.717) is 0 Å². The SMILES string of the molecule is [C-]#CS(=O)(=O)c1ccccc1.[Li+].